The highest BCUT2D eigenvalue weighted by atomic mass is 16.5. The van der Waals surface area contributed by atoms with E-state index in [1.54, 1.807) is 21.3 Å². The summed E-state index contributed by atoms with van der Waals surface area (Å²) in [5.41, 5.74) is 2.54. The molecular formula is C21H28N2O3. The van der Waals surface area contributed by atoms with Gasteiger partial charge in [-0.1, -0.05) is 18.2 Å². The van der Waals surface area contributed by atoms with Gasteiger partial charge in [-0.25, -0.2) is 0 Å². The molecule has 0 bridgehead atoms. The predicted molar refractivity (Wildman–Crippen MR) is 103 cm³/mol. The highest BCUT2D eigenvalue weighted by Gasteiger charge is 2.18. The first kappa shape index (κ1) is 18.5. The van der Waals surface area contributed by atoms with Crippen molar-refractivity contribution in [1.29, 1.82) is 0 Å². The summed E-state index contributed by atoms with van der Waals surface area (Å²) in [6.07, 6.45) is 0. The number of piperazine rings is 1. The van der Waals surface area contributed by atoms with Gasteiger partial charge in [0.05, 0.1) is 21.3 Å². The quantitative estimate of drug-likeness (QED) is 0.762. The molecule has 0 amide bonds. The van der Waals surface area contributed by atoms with Gasteiger partial charge in [-0.05, 0) is 23.8 Å². The molecule has 5 heteroatoms. The van der Waals surface area contributed by atoms with Gasteiger partial charge in [0.15, 0.2) is 0 Å². The fourth-order valence-electron chi connectivity index (χ4n) is 3.32. The summed E-state index contributed by atoms with van der Waals surface area (Å²) in [6.45, 7) is 6.17. The Balaban J connectivity index is 1.52. The van der Waals surface area contributed by atoms with E-state index in [0.717, 1.165) is 56.5 Å². The number of hydrogen-bond acceptors (Lipinski definition) is 5. The highest BCUT2D eigenvalue weighted by molar-refractivity contribution is 5.40. The van der Waals surface area contributed by atoms with Crippen LogP contribution in [0.25, 0.3) is 0 Å². The van der Waals surface area contributed by atoms with Gasteiger partial charge in [-0.15, -0.1) is 0 Å². The second-order valence-corrected chi connectivity index (χ2v) is 6.58. The van der Waals surface area contributed by atoms with E-state index in [-0.39, 0.29) is 0 Å². The Morgan fingerprint density at radius 1 is 0.692 bits per heavy atom. The summed E-state index contributed by atoms with van der Waals surface area (Å²) in [5, 5.41) is 0. The highest BCUT2D eigenvalue weighted by Crippen LogP contribution is 2.26. The maximum atomic E-state index is 5.52. The molecule has 0 aromatic heterocycles. The minimum absolute atomic E-state index is 0.829. The molecule has 0 spiro atoms. The molecule has 0 N–H and O–H groups in total. The number of rotatable bonds is 7. The third kappa shape index (κ3) is 4.68. The summed E-state index contributed by atoms with van der Waals surface area (Å²) in [6, 6.07) is 14.4. The first-order valence-corrected chi connectivity index (χ1v) is 9.00. The second-order valence-electron chi connectivity index (χ2n) is 6.58. The summed E-state index contributed by atoms with van der Waals surface area (Å²) in [7, 11) is 5.09. The van der Waals surface area contributed by atoms with Gasteiger partial charge in [0, 0.05) is 50.9 Å². The number of methoxy groups -OCH3 is 3. The molecule has 26 heavy (non-hydrogen) atoms. The van der Waals surface area contributed by atoms with E-state index in [1.165, 1.54) is 11.1 Å². The van der Waals surface area contributed by atoms with Gasteiger partial charge in [-0.2, -0.15) is 0 Å². The standard InChI is InChI=1S/C21H28N2O3/c1-24-19-7-4-17(5-8-19)15-22-10-12-23(13-11-22)16-18-6-9-20(25-2)14-21(18)26-3/h4-9,14H,10-13,15-16H2,1-3H3. The summed E-state index contributed by atoms with van der Waals surface area (Å²) in [4.78, 5) is 4.98. The van der Waals surface area contributed by atoms with Crippen LogP contribution in [0.3, 0.4) is 0 Å². The topological polar surface area (TPSA) is 34.2 Å². The lowest BCUT2D eigenvalue weighted by molar-refractivity contribution is 0.121. The Bertz CT molecular complexity index is 695. The molecule has 0 atom stereocenters. The predicted octanol–water partition coefficient (Wildman–Crippen LogP) is 3.03. The van der Waals surface area contributed by atoms with E-state index in [0.29, 0.717) is 0 Å². The zero-order valence-electron chi connectivity index (χ0n) is 15.9. The van der Waals surface area contributed by atoms with Gasteiger partial charge in [0.1, 0.15) is 17.2 Å². The number of nitrogens with zero attached hydrogens (tertiary/aromatic N) is 2. The molecule has 3 rings (SSSR count). The zero-order chi connectivity index (χ0) is 18.4. The molecule has 2 aromatic carbocycles. The molecule has 140 valence electrons. The third-order valence-corrected chi connectivity index (χ3v) is 4.92. The summed E-state index contributed by atoms with van der Waals surface area (Å²) in [5.74, 6) is 2.63. The second kappa shape index (κ2) is 8.92. The van der Waals surface area contributed by atoms with Crippen LogP contribution >= 0.6 is 0 Å². The van der Waals surface area contributed by atoms with Gasteiger partial charge >= 0.3 is 0 Å². The van der Waals surface area contributed by atoms with Crippen molar-refractivity contribution in [2.45, 2.75) is 13.1 Å². The van der Waals surface area contributed by atoms with Crippen LogP contribution in [0.2, 0.25) is 0 Å². The largest absolute Gasteiger partial charge is 0.497 e. The van der Waals surface area contributed by atoms with E-state index in [4.69, 9.17) is 14.2 Å². The first-order chi connectivity index (χ1) is 12.7. The van der Waals surface area contributed by atoms with Crippen LogP contribution in [0.1, 0.15) is 11.1 Å². The van der Waals surface area contributed by atoms with Crippen molar-refractivity contribution in [3.05, 3.63) is 53.6 Å². The monoisotopic (exact) mass is 356 g/mol. The van der Waals surface area contributed by atoms with Gasteiger partial charge in [0.25, 0.3) is 0 Å². The number of hydrogen-bond donors (Lipinski definition) is 0. The maximum absolute atomic E-state index is 5.52. The smallest absolute Gasteiger partial charge is 0.127 e. The van der Waals surface area contributed by atoms with Crippen molar-refractivity contribution < 1.29 is 14.2 Å². The van der Waals surface area contributed by atoms with Crippen molar-refractivity contribution in [1.82, 2.24) is 9.80 Å². The van der Waals surface area contributed by atoms with Gasteiger partial charge in [0.2, 0.25) is 0 Å². The van der Waals surface area contributed by atoms with Crippen molar-refractivity contribution in [2.75, 3.05) is 47.5 Å². The minimum atomic E-state index is 0.829. The molecule has 0 saturated carbocycles. The van der Waals surface area contributed by atoms with E-state index < -0.39 is 0 Å². The van der Waals surface area contributed by atoms with Crippen molar-refractivity contribution in [3.8, 4) is 17.2 Å². The first-order valence-electron chi connectivity index (χ1n) is 9.00. The molecule has 1 fully saturated rings. The van der Waals surface area contributed by atoms with Crippen LogP contribution in [-0.4, -0.2) is 57.3 Å². The van der Waals surface area contributed by atoms with E-state index >= 15 is 0 Å². The fourth-order valence-corrected chi connectivity index (χ4v) is 3.32. The lowest BCUT2D eigenvalue weighted by Crippen LogP contribution is -2.45. The van der Waals surface area contributed by atoms with Crippen LogP contribution in [0.5, 0.6) is 17.2 Å². The Morgan fingerprint density at radius 3 is 1.85 bits per heavy atom. The number of benzene rings is 2. The molecule has 1 aliphatic rings. The van der Waals surface area contributed by atoms with Crippen LogP contribution < -0.4 is 14.2 Å². The van der Waals surface area contributed by atoms with Crippen LogP contribution in [0.4, 0.5) is 0 Å². The average molecular weight is 356 g/mol. The van der Waals surface area contributed by atoms with Crippen LogP contribution in [0.15, 0.2) is 42.5 Å². The molecule has 1 heterocycles. The van der Waals surface area contributed by atoms with Crippen molar-refractivity contribution in [3.63, 3.8) is 0 Å². The Morgan fingerprint density at radius 2 is 1.27 bits per heavy atom. The molecule has 0 unspecified atom stereocenters. The van der Waals surface area contributed by atoms with Crippen LogP contribution in [-0.2, 0) is 13.1 Å². The third-order valence-electron chi connectivity index (χ3n) is 4.92. The Hall–Kier alpha value is -2.24. The molecule has 2 aromatic rings. The van der Waals surface area contributed by atoms with Gasteiger partial charge in [-0.3, -0.25) is 9.80 Å². The molecule has 0 aliphatic carbocycles. The van der Waals surface area contributed by atoms with Crippen molar-refractivity contribution >= 4 is 0 Å². The lowest BCUT2D eigenvalue weighted by Gasteiger charge is -2.35. The number of ether oxygens (including phenoxy) is 3. The summed E-state index contributed by atoms with van der Waals surface area (Å²) < 4.78 is 16.0. The maximum Gasteiger partial charge on any atom is 0.127 e. The average Bonchev–Trinajstić information content (AvgIpc) is 2.70. The molecule has 1 saturated heterocycles. The molecular weight excluding hydrogens is 328 g/mol. The SMILES string of the molecule is COc1ccc(CN2CCN(Cc3ccc(OC)cc3OC)CC2)cc1. The zero-order valence-corrected chi connectivity index (χ0v) is 15.9. The van der Waals surface area contributed by atoms with E-state index in [2.05, 4.69) is 28.0 Å². The summed E-state index contributed by atoms with van der Waals surface area (Å²) >= 11 is 0. The minimum Gasteiger partial charge on any atom is -0.497 e. The van der Waals surface area contributed by atoms with Crippen molar-refractivity contribution in [2.24, 2.45) is 0 Å². The molecule has 5 nitrogen and oxygen atoms in total. The van der Waals surface area contributed by atoms with E-state index in [1.807, 2.05) is 24.3 Å². The Kier molecular flexibility index (Phi) is 6.36. The lowest BCUT2D eigenvalue weighted by atomic mass is 10.1. The Labute approximate surface area is 156 Å². The normalized spacial score (nSPS) is 15.7. The molecule has 0 radical (unpaired) electrons. The van der Waals surface area contributed by atoms with E-state index in [9.17, 15) is 0 Å². The fraction of sp³-hybridized carbons (Fsp3) is 0.429. The molecule has 1 aliphatic heterocycles. The van der Waals surface area contributed by atoms with Gasteiger partial charge < -0.3 is 14.2 Å². The van der Waals surface area contributed by atoms with Crippen LogP contribution in [0, 0.1) is 0 Å².